The Bertz CT molecular complexity index is 778. The first-order valence-electron chi connectivity index (χ1n) is 7.61. The second kappa shape index (κ2) is 5.76. The lowest BCUT2D eigenvalue weighted by Crippen LogP contribution is -2.30. The zero-order valence-corrected chi connectivity index (χ0v) is 13.7. The normalized spacial score (nSPS) is 10.9. The van der Waals surface area contributed by atoms with E-state index in [4.69, 9.17) is 0 Å². The molecule has 0 saturated carbocycles. The lowest BCUT2D eigenvalue weighted by molar-refractivity contribution is -0.596. The molecule has 3 rings (SSSR count). The maximum absolute atomic E-state index is 4.41. The Morgan fingerprint density at radius 3 is 2.41 bits per heavy atom. The van der Waals surface area contributed by atoms with Crippen molar-refractivity contribution in [1.29, 1.82) is 0 Å². The van der Waals surface area contributed by atoms with Gasteiger partial charge in [0.05, 0.1) is 5.69 Å². The van der Waals surface area contributed by atoms with Crippen molar-refractivity contribution in [2.45, 2.75) is 34.2 Å². The summed E-state index contributed by atoms with van der Waals surface area (Å²) >= 11 is 0. The van der Waals surface area contributed by atoms with E-state index in [2.05, 4.69) is 72.5 Å². The van der Waals surface area contributed by atoms with Crippen LogP contribution in [0.4, 0.5) is 0 Å². The van der Waals surface area contributed by atoms with Gasteiger partial charge in [-0.3, -0.25) is 4.98 Å². The van der Waals surface area contributed by atoms with E-state index in [0.717, 1.165) is 12.2 Å². The third kappa shape index (κ3) is 2.80. The van der Waals surface area contributed by atoms with E-state index in [1.165, 1.54) is 28.1 Å². The Labute approximate surface area is 131 Å². The van der Waals surface area contributed by atoms with Gasteiger partial charge < -0.3 is 0 Å². The Morgan fingerprint density at radius 2 is 1.77 bits per heavy atom. The van der Waals surface area contributed by atoms with Gasteiger partial charge in [-0.1, -0.05) is 23.8 Å². The van der Waals surface area contributed by atoms with Gasteiger partial charge in [0.1, 0.15) is 24.1 Å². The molecule has 0 N–H and O–H groups in total. The van der Waals surface area contributed by atoms with Gasteiger partial charge in [0.25, 0.3) is 0 Å². The third-order valence-electron chi connectivity index (χ3n) is 3.99. The highest BCUT2D eigenvalue weighted by Crippen LogP contribution is 2.16. The molecule has 0 saturated heterocycles. The number of benzene rings is 1. The topological polar surface area (TPSA) is 21.7 Å². The molecule has 0 fully saturated rings. The van der Waals surface area contributed by atoms with Gasteiger partial charge in [-0.2, -0.15) is 0 Å². The van der Waals surface area contributed by atoms with Crippen LogP contribution in [0.15, 0.2) is 49.1 Å². The van der Waals surface area contributed by atoms with Crippen molar-refractivity contribution in [3.05, 3.63) is 77.1 Å². The maximum Gasteiger partial charge on any atom is 0.249 e. The standard InChI is InChI=1S/C19H22N3/c1-14-9-15(2)19(16(3)10-14)22-11-17(4)21(13-22)12-18-7-5-6-8-20-18/h5-11,13H,12H2,1-4H3/q+1. The monoisotopic (exact) mass is 292 g/mol. The molecule has 0 unspecified atom stereocenters. The zero-order valence-electron chi connectivity index (χ0n) is 13.7. The van der Waals surface area contributed by atoms with E-state index in [0.29, 0.717) is 0 Å². The molecule has 0 aliphatic rings. The van der Waals surface area contributed by atoms with Crippen LogP contribution in [0.5, 0.6) is 0 Å². The molecule has 1 aromatic carbocycles. The lowest BCUT2D eigenvalue weighted by Gasteiger charge is -2.07. The van der Waals surface area contributed by atoms with Crippen LogP contribution in [0.25, 0.3) is 5.69 Å². The minimum Gasteiger partial charge on any atom is -0.257 e. The molecule has 0 bridgehead atoms. The van der Waals surface area contributed by atoms with E-state index < -0.39 is 0 Å². The molecule has 0 spiro atoms. The molecular formula is C19H22N3+. The summed E-state index contributed by atoms with van der Waals surface area (Å²) in [5.41, 5.74) is 7.49. The van der Waals surface area contributed by atoms with Crippen LogP contribution in [-0.2, 0) is 6.54 Å². The number of rotatable bonds is 3. The second-order valence-electron chi connectivity index (χ2n) is 5.99. The van der Waals surface area contributed by atoms with E-state index in [9.17, 15) is 0 Å². The SMILES string of the molecule is Cc1cc(C)c(-[n+]2cc(C)n(Cc3ccccn3)c2)c(C)c1. The van der Waals surface area contributed by atoms with Crippen LogP contribution in [0.3, 0.4) is 0 Å². The molecule has 0 radical (unpaired) electrons. The largest absolute Gasteiger partial charge is 0.257 e. The van der Waals surface area contributed by atoms with Gasteiger partial charge in [-0.05, 0) is 44.0 Å². The summed E-state index contributed by atoms with van der Waals surface area (Å²) in [4.78, 5) is 4.41. The highest BCUT2D eigenvalue weighted by atomic mass is 15.1. The maximum atomic E-state index is 4.41. The van der Waals surface area contributed by atoms with Gasteiger partial charge in [0.15, 0.2) is 0 Å². The van der Waals surface area contributed by atoms with Crippen molar-refractivity contribution in [3.8, 4) is 5.69 Å². The molecule has 3 aromatic rings. The Morgan fingerprint density at radius 1 is 1.05 bits per heavy atom. The molecule has 0 amide bonds. The van der Waals surface area contributed by atoms with Crippen LogP contribution in [-0.4, -0.2) is 9.55 Å². The molecule has 22 heavy (non-hydrogen) atoms. The van der Waals surface area contributed by atoms with Crippen molar-refractivity contribution in [2.75, 3.05) is 0 Å². The van der Waals surface area contributed by atoms with Crippen molar-refractivity contribution in [2.24, 2.45) is 0 Å². The van der Waals surface area contributed by atoms with E-state index >= 15 is 0 Å². The van der Waals surface area contributed by atoms with E-state index in [1.54, 1.807) is 0 Å². The van der Waals surface area contributed by atoms with E-state index in [-0.39, 0.29) is 0 Å². The molecular weight excluding hydrogens is 270 g/mol. The molecule has 0 aliphatic heterocycles. The van der Waals surface area contributed by atoms with Crippen LogP contribution < -0.4 is 4.57 Å². The fraction of sp³-hybridized carbons (Fsp3) is 0.263. The van der Waals surface area contributed by atoms with Gasteiger partial charge in [-0.15, -0.1) is 0 Å². The quantitative estimate of drug-likeness (QED) is 0.678. The summed E-state index contributed by atoms with van der Waals surface area (Å²) in [5, 5.41) is 0. The first kappa shape index (κ1) is 14.5. The van der Waals surface area contributed by atoms with Crippen molar-refractivity contribution < 1.29 is 4.57 Å². The summed E-state index contributed by atoms with van der Waals surface area (Å²) in [6.45, 7) is 9.43. The molecule has 2 heterocycles. The van der Waals surface area contributed by atoms with Crippen molar-refractivity contribution in [1.82, 2.24) is 9.55 Å². The summed E-state index contributed by atoms with van der Waals surface area (Å²) < 4.78 is 4.46. The molecule has 112 valence electrons. The third-order valence-corrected chi connectivity index (χ3v) is 3.99. The molecule has 2 aromatic heterocycles. The number of hydrogen-bond acceptors (Lipinski definition) is 1. The van der Waals surface area contributed by atoms with Crippen molar-refractivity contribution >= 4 is 0 Å². The molecule has 0 aliphatic carbocycles. The summed E-state index contributed by atoms with van der Waals surface area (Å²) in [7, 11) is 0. The summed E-state index contributed by atoms with van der Waals surface area (Å²) in [6.07, 6.45) is 6.19. The molecule has 0 atom stereocenters. The fourth-order valence-corrected chi connectivity index (χ4v) is 3.08. The Hall–Kier alpha value is -2.42. The first-order valence-corrected chi connectivity index (χ1v) is 7.61. The first-order chi connectivity index (χ1) is 10.5. The van der Waals surface area contributed by atoms with E-state index in [1.807, 2.05) is 18.3 Å². The van der Waals surface area contributed by atoms with Crippen LogP contribution in [0.1, 0.15) is 28.1 Å². The predicted octanol–water partition coefficient (Wildman–Crippen LogP) is 3.44. The summed E-state index contributed by atoms with van der Waals surface area (Å²) in [5.74, 6) is 0. The van der Waals surface area contributed by atoms with Crippen LogP contribution >= 0.6 is 0 Å². The van der Waals surface area contributed by atoms with Gasteiger partial charge in [0, 0.05) is 13.1 Å². The Balaban J connectivity index is 1.99. The molecule has 3 heteroatoms. The predicted molar refractivity (Wildman–Crippen MR) is 88.3 cm³/mol. The number of aromatic nitrogens is 3. The number of hydrogen-bond donors (Lipinski definition) is 0. The highest BCUT2D eigenvalue weighted by Gasteiger charge is 2.16. The summed E-state index contributed by atoms with van der Waals surface area (Å²) in [6, 6.07) is 10.5. The molecule has 3 nitrogen and oxygen atoms in total. The fourth-order valence-electron chi connectivity index (χ4n) is 3.08. The number of aryl methyl sites for hydroxylation is 4. The van der Waals surface area contributed by atoms with Crippen LogP contribution in [0.2, 0.25) is 0 Å². The number of imidazole rings is 1. The average molecular weight is 292 g/mol. The second-order valence-corrected chi connectivity index (χ2v) is 5.99. The van der Waals surface area contributed by atoms with Gasteiger partial charge >= 0.3 is 0 Å². The lowest BCUT2D eigenvalue weighted by atomic mass is 10.1. The number of pyridine rings is 1. The Kier molecular flexibility index (Phi) is 3.80. The van der Waals surface area contributed by atoms with Gasteiger partial charge in [0.2, 0.25) is 6.33 Å². The number of nitrogens with zero attached hydrogens (tertiary/aromatic N) is 3. The minimum absolute atomic E-state index is 0.795. The minimum atomic E-state index is 0.795. The van der Waals surface area contributed by atoms with Gasteiger partial charge in [-0.25, -0.2) is 9.13 Å². The highest BCUT2D eigenvalue weighted by molar-refractivity contribution is 5.43. The average Bonchev–Trinajstić information content (AvgIpc) is 2.79. The smallest absolute Gasteiger partial charge is 0.249 e. The zero-order chi connectivity index (χ0) is 15.7. The van der Waals surface area contributed by atoms with Crippen molar-refractivity contribution in [3.63, 3.8) is 0 Å². The van der Waals surface area contributed by atoms with Crippen LogP contribution in [0, 0.1) is 27.7 Å².